The Labute approximate surface area is 119 Å². The van der Waals surface area contributed by atoms with Crippen molar-refractivity contribution in [2.24, 2.45) is 5.73 Å². The van der Waals surface area contributed by atoms with Crippen molar-refractivity contribution >= 4 is 0 Å². The minimum absolute atomic E-state index is 0.0563. The zero-order valence-electron chi connectivity index (χ0n) is 11.0. The molecule has 0 aliphatic heterocycles. The highest BCUT2D eigenvalue weighted by atomic mass is 19.4. The monoisotopic (exact) mass is 295 g/mol. The number of rotatable bonds is 1. The van der Waals surface area contributed by atoms with E-state index < -0.39 is 17.6 Å². The Kier molecular flexibility index (Phi) is 3.24. The molecule has 0 fully saturated rings. The molecule has 0 bridgehead atoms. The van der Waals surface area contributed by atoms with Crippen LogP contribution in [0.15, 0.2) is 36.4 Å². The first-order valence-electron chi connectivity index (χ1n) is 6.62. The first-order valence-corrected chi connectivity index (χ1v) is 6.62. The van der Waals surface area contributed by atoms with Crippen LogP contribution in [0.25, 0.3) is 11.1 Å². The average Bonchev–Trinajstić information content (AvgIpc) is 2.79. The smallest absolute Gasteiger partial charge is 0.324 e. The average molecular weight is 295 g/mol. The number of hydrogen-bond donors (Lipinski definition) is 1. The van der Waals surface area contributed by atoms with Gasteiger partial charge in [0.2, 0.25) is 0 Å². The van der Waals surface area contributed by atoms with Crippen molar-refractivity contribution < 1.29 is 17.6 Å². The van der Waals surface area contributed by atoms with Crippen molar-refractivity contribution in [3.05, 3.63) is 58.9 Å². The molecule has 110 valence electrons. The van der Waals surface area contributed by atoms with Crippen molar-refractivity contribution in [3.63, 3.8) is 0 Å². The van der Waals surface area contributed by atoms with Crippen LogP contribution in [-0.4, -0.2) is 0 Å². The van der Waals surface area contributed by atoms with Gasteiger partial charge in [-0.3, -0.25) is 0 Å². The van der Waals surface area contributed by atoms with Crippen LogP contribution in [0.5, 0.6) is 0 Å². The maximum Gasteiger partial charge on any atom is 0.419 e. The summed E-state index contributed by atoms with van der Waals surface area (Å²) in [5.74, 6) is -1.25. The van der Waals surface area contributed by atoms with Crippen molar-refractivity contribution in [1.82, 2.24) is 0 Å². The molecule has 0 radical (unpaired) electrons. The fraction of sp³-hybridized carbons (Fsp3) is 0.250. The van der Waals surface area contributed by atoms with Crippen molar-refractivity contribution in [2.45, 2.75) is 25.1 Å². The molecule has 1 nitrogen and oxygen atoms in total. The SMILES string of the molecule is NC1CCc2c(-c3ccc(C(F)(F)F)c(F)c3)cccc21. The number of nitrogens with two attached hydrogens (primary N) is 1. The van der Waals surface area contributed by atoms with Crippen LogP contribution in [-0.2, 0) is 12.6 Å². The van der Waals surface area contributed by atoms with Gasteiger partial charge in [0.05, 0.1) is 5.56 Å². The minimum atomic E-state index is -4.68. The van der Waals surface area contributed by atoms with Crippen LogP contribution >= 0.6 is 0 Å². The molecular weight excluding hydrogens is 282 g/mol. The Morgan fingerprint density at radius 2 is 1.86 bits per heavy atom. The highest BCUT2D eigenvalue weighted by Crippen LogP contribution is 2.38. The molecule has 0 saturated heterocycles. The normalized spacial score (nSPS) is 17.9. The lowest BCUT2D eigenvalue weighted by molar-refractivity contribution is -0.139. The van der Waals surface area contributed by atoms with E-state index in [0.29, 0.717) is 5.56 Å². The molecule has 0 saturated carbocycles. The number of alkyl halides is 3. The fourth-order valence-corrected chi connectivity index (χ4v) is 2.87. The Bertz CT molecular complexity index is 691. The van der Waals surface area contributed by atoms with Crippen molar-refractivity contribution in [1.29, 1.82) is 0 Å². The molecular formula is C16H13F4N. The third-order valence-corrected chi connectivity index (χ3v) is 3.90. The maximum atomic E-state index is 13.7. The molecule has 3 rings (SSSR count). The fourth-order valence-electron chi connectivity index (χ4n) is 2.87. The summed E-state index contributed by atoms with van der Waals surface area (Å²) in [5, 5.41) is 0. The lowest BCUT2D eigenvalue weighted by Crippen LogP contribution is -2.08. The molecule has 1 aliphatic rings. The molecule has 2 aromatic carbocycles. The number of halogens is 4. The second kappa shape index (κ2) is 4.84. The Balaban J connectivity index is 2.09. The summed E-state index contributed by atoms with van der Waals surface area (Å²) in [6.45, 7) is 0. The molecule has 2 aromatic rings. The first kappa shape index (κ1) is 14.1. The molecule has 0 heterocycles. The van der Waals surface area contributed by atoms with Crippen LogP contribution in [0.4, 0.5) is 17.6 Å². The summed E-state index contributed by atoms with van der Waals surface area (Å²) in [7, 11) is 0. The summed E-state index contributed by atoms with van der Waals surface area (Å²) < 4.78 is 51.5. The van der Waals surface area contributed by atoms with E-state index in [1.165, 1.54) is 6.07 Å². The number of benzene rings is 2. The van der Waals surface area contributed by atoms with Crippen LogP contribution in [0.3, 0.4) is 0 Å². The molecule has 1 aliphatic carbocycles. The van der Waals surface area contributed by atoms with Crippen LogP contribution < -0.4 is 5.73 Å². The molecule has 0 aromatic heterocycles. The maximum absolute atomic E-state index is 13.7. The summed E-state index contributed by atoms with van der Waals surface area (Å²) >= 11 is 0. The van der Waals surface area contributed by atoms with Gasteiger partial charge in [-0.2, -0.15) is 13.2 Å². The third kappa shape index (κ3) is 2.42. The van der Waals surface area contributed by atoms with Gasteiger partial charge in [-0.25, -0.2) is 4.39 Å². The quantitative estimate of drug-likeness (QED) is 0.772. The van der Waals surface area contributed by atoms with E-state index in [0.717, 1.165) is 41.7 Å². The van der Waals surface area contributed by atoms with Gasteiger partial charge in [0.1, 0.15) is 5.82 Å². The molecule has 21 heavy (non-hydrogen) atoms. The van der Waals surface area contributed by atoms with Gasteiger partial charge in [0.25, 0.3) is 0 Å². The van der Waals surface area contributed by atoms with Gasteiger partial charge >= 0.3 is 6.18 Å². The van der Waals surface area contributed by atoms with Crippen LogP contribution in [0.2, 0.25) is 0 Å². The lowest BCUT2D eigenvalue weighted by atomic mass is 9.95. The van der Waals surface area contributed by atoms with Crippen molar-refractivity contribution in [3.8, 4) is 11.1 Å². The van der Waals surface area contributed by atoms with E-state index in [9.17, 15) is 17.6 Å². The van der Waals surface area contributed by atoms with Crippen LogP contribution in [0.1, 0.15) is 29.2 Å². The number of hydrogen-bond acceptors (Lipinski definition) is 1. The van der Waals surface area contributed by atoms with Gasteiger partial charge in [-0.15, -0.1) is 0 Å². The summed E-state index contributed by atoms with van der Waals surface area (Å²) in [6.07, 6.45) is -3.12. The number of fused-ring (bicyclic) bond motifs is 1. The lowest BCUT2D eigenvalue weighted by Gasteiger charge is -2.12. The van der Waals surface area contributed by atoms with Gasteiger partial charge in [-0.05, 0) is 47.2 Å². The third-order valence-electron chi connectivity index (χ3n) is 3.90. The minimum Gasteiger partial charge on any atom is -0.324 e. The highest BCUT2D eigenvalue weighted by molar-refractivity contribution is 5.70. The van der Waals surface area contributed by atoms with Gasteiger partial charge in [0.15, 0.2) is 0 Å². The second-order valence-corrected chi connectivity index (χ2v) is 5.21. The van der Waals surface area contributed by atoms with E-state index in [4.69, 9.17) is 5.73 Å². The summed E-state index contributed by atoms with van der Waals surface area (Å²) in [6, 6.07) is 8.50. The van der Waals surface area contributed by atoms with E-state index in [2.05, 4.69) is 0 Å². The molecule has 1 atom stereocenters. The Morgan fingerprint density at radius 1 is 1.10 bits per heavy atom. The topological polar surface area (TPSA) is 26.0 Å². The van der Waals surface area contributed by atoms with E-state index >= 15 is 0 Å². The molecule has 0 spiro atoms. The molecule has 2 N–H and O–H groups in total. The zero-order valence-corrected chi connectivity index (χ0v) is 11.0. The largest absolute Gasteiger partial charge is 0.419 e. The Morgan fingerprint density at radius 3 is 2.52 bits per heavy atom. The second-order valence-electron chi connectivity index (χ2n) is 5.21. The predicted octanol–water partition coefficient (Wildman–Crippen LogP) is 4.46. The Hall–Kier alpha value is -1.88. The van der Waals surface area contributed by atoms with Gasteiger partial charge in [0, 0.05) is 6.04 Å². The predicted molar refractivity (Wildman–Crippen MR) is 72.1 cm³/mol. The highest BCUT2D eigenvalue weighted by Gasteiger charge is 2.34. The standard InChI is InChI=1S/C16H13F4N/c17-14-8-9(4-6-13(14)16(18,19)20)10-2-1-3-12-11(10)5-7-15(12)21/h1-4,6,8,15H,5,7,21H2. The summed E-state index contributed by atoms with van der Waals surface area (Å²) in [4.78, 5) is 0. The van der Waals surface area contributed by atoms with Gasteiger partial charge < -0.3 is 5.73 Å². The zero-order chi connectivity index (χ0) is 15.2. The van der Waals surface area contributed by atoms with E-state index in [1.807, 2.05) is 6.07 Å². The summed E-state index contributed by atoms with van der Waals surface area (Å²) in [5.41, 5.74) is 7.95. The first-order chi connectivity index (χ1) is 9.88. The van der Waals surface area contributed by atoms with Crippen molar-refractivity contribution in [2.75, 3.05) is 0 Å². The van der Waals surface area contributed by atoms with Crippen LogP contribution in [0, 0.1) is 5.82 Å². The molecule has 1 unspecified atom stereocenters. The van der Waals surface area contributed by atoms with E-state index in [-0.39, 0.29) is 6.04 Å². The van der Waals surface area contributed by atoms with Gasteiger partial charge in [-0.1, -0.05) is 24.3 Å². The molecule has 5 heteroatoms. The molecule has 0 amide bonds. The van der Waals surface area contributed by atoms with E-state index in [1.54, 1.807) is 12.1 Å².